The van der Waals surface area contributed by atoms with Gasteiger partial charge in [0.1, 0.15) is 5.65 Å². The SMILES string of the molecule is Cc1ncc(NC(=O)CN2CCC[C@@H]2C)cc1NC(=O)c1cnc2[nH]c(-c3cnn(CC(C)(C)O)c3)cc2c1. The van der Waals surface area contributed by atoms with Crippen molar-refractivity contribution in [3.05, 3.63) is 54.2 Å². The molecule has 1 aliphatic rings. The number of aromatic nitrogens is 5. The van der Waals surface area contributed by atoms with Gasteiger partial charge in [0, 0.05) is 29.4 Å². The van der Waals surface area contributed by atoms with Gasteiger partial charge in [-0.1, -0.05) is 0 Å². The Hall–Kier alpha value is -4.09. The van der Waals surface area contributed by atoms with Crippen LogP contribution in [0.1, 0.15) is 49.7 Å². The van der Waals surface area contributed by atoms with Gasteiger partial charge in [0.25, 0.3) is 5.91 Å². The van der Waals surface area contributed by atoms with Crippen molar-refractivity contribution >= 4 is 34.2 Å². The molecule has 4 aromatic heterocycles. The Morgan fingerprint density at radius 2 is 1.97 bits per heavy atom. The fraction of sp³-hybridized carbons (Fsp3) is 0.393. The van der Waals surface area contributed by atoms with E-state index in [0.717, 1.165) is 36.0 Å². The maximum Gasteiger partial charge on any atom is 0.257 e. The van der Waals surface area contributed by atoms with Crippen LogP contribution in [0, 0.1) is 6.92 Å². The fourth-order valence-electron chi connectivity index (χ4n) is 4.82. The molecule has 0 aromatic carbocycles. The van der Waals surface area contributed by atoms with Crippen LogP contribution in [0.5, 0.6) is 0 Å². The maximum atomic E-state index is 13.1. The number of carbonyl (C=O) groups is 2. The van der Waals surface area contributed by atoms with Crippen molar-refractivity contribution in [2.75, 3.05) is 23.7 Å². The second kappa shape index (κ2) is 10.6. The van der Waals surface area contributed by atoms with Crippen LogP contribution in [0.15, 0.2) is 43.0 Å². The van der Waals surface area contributed by atoms with Gasteiger partial charge >= 0.3 is 0 Å². The van der Waals surface area contributed by atoms with Crippen molar-refractivity contribution < 1.29 is 14.7 Å². The summed E-state index contributed by atoms with van der Waals surface area (Å²) in [7, 11) is 0. The molecule has 1 aliphatic heterocycles. The highest BCUT2D eigenvalue weighted by molar-refractivity contribution is 6.06. The van der Waals surface area contributed by atoms with E-state index in [2.05, 4.69) is 42.5 Å². The van der Waals surface area contributed by atoms with Crippen molar-refractivity contribution in [2.45, 2.75) is 58.7 Å². The number of aryl methyl sites for hydroxylation is 1. The Morgan fingerprint density at radius 1 is 1.15 bits per heavy atom. The third-order valence-electron chi connectivity index (χ3n) is 6.88. The second-order valence-corrected chi connectivity index (χ2v) is 10.9. The van der Waals surface area contributed by atoms with Crippen molar-refractivity contribution in [1.82, 2.24) is 29.6 Å². The third-order valence-corrected chi connectivity index (χ3v) is 6.88. The van der Waals surface area contributed by atoms with E-state index in [1.54, 1.807) is 50.0 Å². The summed E-state index contributed by atoms with van der Waals surface area (Å²) in [6, 6.07) is 5.80. The van der Waals surface area contributed by atoms with Crippen LogP contribution in [-0.4, -0.2) is 71.3 Å². The first kappa shape index (κ1) is 26.5. The molecular weight excluding hydrogens is 496 g/mol. The number of aromatic amines is 1. The number of H-pyrrole nitrogens is 1. The molecule has 0 radical (unpaired) electrons. The van der Waals surface area contributed by atoms with Crippen LogP contribution in [-0.2, 0) is 11.3 Å². The molecule has 11 heteroatoms. The molecule has 1 atom stereocenters. The molecule has 204 valence electrons. The quantitative estimate of drug-likeness (QED) is 0.273. The predicted octanol–water partition coefficient (Wildman–Crippen LogP) is 3.58. The molecule has 0 aliphatic carbocycles. The average molecular weight is 531 g/mol. The highest BCUT2D eigenvalue weighted by Gasteiger charge is 2.22. The Balaban J connectivity index is 1.28. The number of likely N-dealkylation sites (tertiary alicyclic amines) is 1. The summed E-state index contributed by atoms with van der Waals surface area (Å²) in [4.78, 5) is 39.8. The van der Waals surface area contributed by atoms with Gasteiger partial charge in [0.2, 0.25) is 5.91 Å². The van der Waals surface area contributed by atoms with Gasteiger partial charge in [0.15, 0.2) is 0 Å². The molecular formula is C28H34N8O3. The summed E-state index contributed by atoms with van der Waals surface area (Å²) in [6.45, 7) is 9.02. The molecule has 1 fully saturated rings. The number of nitrogens with one attached hydrogen (secondary N) is 3. The number of amides is 2. The van der Waals surface area contributed by atoms with Crippen LogP contribution in [0.2, 0.25) is 0 Å². The van der Waals surface area contributed by atoms with Gasteiger partial charge < -0.3 is 20.7 Å². The number of rotatable bonds is 8. The van der Waals surface area contributed by atoms with E-state index in [4.69, 9.17) is 0 Å². The van der Waals surface area contributed by atoms with Crippen LogP contribution >= 0.6 is 0 Å². The van der Waals surface area contributed by atoms with Gasteiger partial charge in [0.05, 0.1) is 59.4 Å². The first-order valence-corrected chi connectivity index (χ1v) is 13.1. The molecule has 39 heavy (non-hydrogen) atoms. The van der Waals surface area contributed by atoms with Crippen LogP contribution in [0.3, 0.4) is 0 Å². The maximum absolute atomic E-state index is 13.1. The molecule has 1 saturated heterocycles. The van der Waals surface area contributed by atoms with Gasteiger partial charge in [-0.15, -0.1) is 0 Å². The molecule has 0 unspecified atom stereocenters. The first-order chi connectivity index (χ1) is 18.5. The van der Waals surface area contributed by atoms with Gasteiger partial charge in [-0.2, -0.15) is 5.10 Å². The molecule has 0 bridgehead atoms. The monoisotopic (exact) mass is 530 g/mol. The minimum Gasteiger partial charge on any atom is -0.389 e. The van der Waals surface area contributed by atoms with Gasteiger partial charge in [-0.25, -0.2) is 4.98 Å². The van der Waals surface area contributed by atoms with E-state index in [1.165, 1.54) is 6.20 Å². The van der Waals surface area contributed by atoms with Gasteiger partial charge in [-0.3, -0.25) is 24.2 Å². The summed E-state index contributed by atoms with van der Waals surface area (Å²) >= 11 is 0. The number of fused-ring (bicyclic) bond motifs is 1. The normalized spacial score (nSPS) is 16.1. The summed E-state index contributed by atoms with van der Waals surface area (Å²) in [5.41, 5.74) is 3.50. The highest BCUT2D eigenvalue weighted by atomic mass is 16.3. The Kier molecular flexibility index (Phi) is 7.19. The van der Waals surface area contributed by atoms with E-state index in [9.17, 15) is 14.7 Å². The summed E-state index contributed by atoms with van der Waals surface area (Å²) in [5, 5.41) is 20.9. The van der Waals surface area contributed by atoms with E-state index < -0.39 is 5.60 Å². The highest BCUT2D eigenvalue weighted by Crippen LogP contribution is 2.25. The fourth-order valence-corrected chi connectivity index (χ4v) is 4.82. The number of pyridine rings is 2. The Labute approximate surface area is 226 Å². The third kappa shape index (κ3) is 6.32. The lowest BCUT2D eigenvalue weighted by Gasteiger charge is -2.20. The number of nitrogens with zero attached hydrogens (tertiary/aromatic N) is 5. The lowest BCUT2D eigenvalue weighted by molar-refractivity contribution is -0.117. The van der Waals surface area contributed by atoms with E-state index in [0.29, 0.717) is 47.4 Å². The molecule has 5 heterocycles. The van der Waals surface area contributed by atoms with Crippen molar-refractivity contribution in [3.8, 4) is 11.3 Å². The molecule has 4 N–H and O–H groups in total. The van der Waals surface area contributed by atoms with E-state index in [-0.39, 0.29) is 11.8 Å². The van der Waals surface area contributed by atoms with E-state index >= 15 is 0 Å². The van der Waals surface area contributed by atoms with Gasteiger partial charge in [-0.05, 0) is 65.3 Å². The van der Waals surface area contributed by atoms with E-state index in [1.807, 2.05) is 12.3 Å². The zero-order valence-electron chi connectivity index (χ0n) is 22.7. The van der Waals surface area contributed by atoms with Crippen molar-refractivity contribution in [2.24, 2.45) is 0 Å². The topological polar surface area (TPSA) is 141 Å². The van der Waals surface area contributed by atoms with Crippen LogP contribution < -0.4 is 10.6 Å². The standard InChI is InChI=1S/C28H34N8O3/c1-17-6-5-7-35(17)15-25(37)32-22-10-23(18(2)29-13-22)34-27(38)20-8-19-9-24(33-26(19)30-11-20)21-12-31-36(14-21)16-28(3,4)39/h8-14,17,39H,5-7,15-16H2,1-4H3,(H,30,33)(H,32,37)(H,34,38)/t17-/m0/s1. The minimum absolute atomic E-state index is 0.102. The zero-order valence-corrected chi connectivity index (χ0v) is 22.7. The zero-order chi connectivity index (χ0) is 27.7. The second-order valence-electron chi connectivity index (χ2n) is 10.9. The molecule has 0 spiro atoms. The summed E-state index contributed by atoms with van der Waals surface area (Å²) in [6.07, 6.45) is 8.89. The first-order valence-electron chi connectivity index (χ1n) is 13.1. The number of anilines is 2. The molecule has 0 saturated carbocycles. The largest absolute Gasteiger partial charge is 0.389 e. The number of hydrogen-bond acceptors (Lipinski definition) is 7. The van der Waals surface area contributed by atoms with Crippen LogP contribution in [0.25, 0.3) is 22.3 Å². The Morgan fingerprint density at radius 3 is 2.72 bits per heavy atom. The average Bonchev–Trinajstić information content (AvgIpc) is 3.60. The lowest BCUT2D eigenvalue weighted by atomic mass is 10.1. The number of hydrogen-bond donors (Lipinski definition) is 4. The number of carbonyl (C=O) groups excluding carboxylic acids is 2. The lowest BCUT2D eigenvalue weighted by Crippen LogP contribution is -2.35. The molecule has 4 aromatic rings. The Bertz CT molecular complexity index is 1520. The number of aliphatic hydroxyl groups is 1. The summed E-state index contributed by atoms with van der Waals surface area (Å²) in [5.74, 6) is -0.431. The summed E-state index contributed by atoms with van der Waals surface area (Å²) < 4.78 is 1.69. The van der Waals surface area contributed by atoms with Crippen LogP contribution in [0.4, 0.5) is 11.4 Å². The molecule has 2 amide bonds. The van der Waals surface area contributed by atoms with Crippen molar-refractivity contribution in [3.63, 3.8) is 0 Å². The minimum atomic E-state index is -0.876. The smallest absolute Gasteiger partial charge is 0.257 e. The van der Waals surface area contributed by atoms with Crippen molar-refractivity contribution in [1.29, 1.82) is 0 Å². The predicted molar refractivity (Wildman–Crippen MR) is 149 cm³/mol. The molecule has 5 rings (SSSR count). The molecule has 11 nitrogen and oxygen atoms in total.